The number of aliphatic carboxylic acids is 3. The van der Waals surface area contributed by atoms with Crippen LogP contribution in [0.5, 0.6) is 0 Å². The smallest absolute Gasteiger partial charge is 0.317 e. The number of rotatable bonds is 25. The van der Waals surface area contributed by atoms with E-state index in [9.17, 15) is 34.5 Å². The minimum absolute atomic E-state index is 0.0103. The number of hydrogen-bond acceptors (Lipinski definition) is 14. The van der Waals surface area contributed by atoms with Crippen LogP contribution >= 0.6 is 0 Å². The van der Waals surface area contributed by atoms with Crippen molar-refractivity contribution in [2.75, 3.05) is 158 Å². The summed E-state index contributed by atoms with van der Waals surface area (Å²) in [5, 5.41) is 39.3. The molecule has 0 bridgehead atoms. The molecule has 5 N–H and O–H groups in total. The third kappa shape index (κ3) is 24.7. The highest BCUT2D eigenvalue weighted by Gasteiger charge is 2.21. The van der Waals surface area contributed by atoms with Crippen LogP contribution in [-0.4, -0.2) is 222 Å². The second-order valence-corrected chi connectivity index (χ2v) is 10.4. The zero-order chi connectivity index (χ0) is 33.8. The zero-order valence-corrected chi connectivity index (χ0v) is 26.7. The fourth-order valence-electron chi connectivity index (χ4n) is 4.35. The third-order valence-electron chi connectivity index (χ3n) is 6.67. The molecule has 0 aromatic rings. The second-order valence-electron chi connectivity index (χ2n) is 10.4. The molecule has 0 unspecified atom stereocenters. The molecule has 0 saturated carbocycles. The number of carbonyl (C=O) groups excluding carboxylic acids is 1. The number of ether oxygens (including phenoxy) is 5. The Hall–Kier alpha value is -2.52. The van der Waals surface area contributed by atoms with Crippen molar-refractivity contribution < 1.29 is 63.3 Å². The lowest BCUT2D eigenvalue weighted by Gasteiger charge is -2.32. The van der Waals surface area contributed by atoms with Crippen molar-refractivity contribution >= 4 is 23.8 Å². The van der Waals surface area contributed by atoms with Crippen LogP contribution in [0.1, 0.15) is 0 Å². The molecule has 0 aromatic heterocycles. The minimum atomic E-state index is -1.02. The lowest BCUT2D eigenvalue weighted by atomic mass is 10.3. The normalized spacial score (nSPS) is 16.5. The Morgan fingerprint density at radius 1 is 0.457 bits per heavy atom. The van der Waals surface area contributed by atoms with Crippen LogP contribution in [0.2, 0.25) is 0 Å². The zero-order valence-electron chi connectivity index (χ0n) is 26.7. The van der Waals surface area contributed by atoms with Gasteiger partial charge in [-0.15, -0.1) is 0 Å². The van der Waals surface area contributed by atoms with E-state index >= 15 is 0 Å². The van der Waals surface area contributed by atoms with Crippen LogP contribution < -0.4 is 5.32 Å². The van der Waals surface area contributed by atoms with Crippen molar-refractivity contribution in [3.8, 4) is 0 Å². The molecule has 1 fully saturated rings. The Labute approximate surface area is 270 Å². The first-order valence-electron chi connectivity index (χ1n) is 15.5. The van der Waals surface area contributed by atoms with E-state index in [4.69, 9.17) is 28.8 Å². The molecule has 0 aromatic carbocycles. The van der Waals surface area contributed by atoms with Crippen molar-refractivity contribution in [1.82, 2.24) is 24.9 Å². The van der Waals surface area contributed by atoms with Gasteiger partial charge in [0, 0.05) is 58.9 Å². The molecular formula is C28H53N5O13. The average molecular weight is 668 g/mol. The molecule has 18 heteroatoms. The lowest BCUT2D eigenvalue weighted by molar-refractivity contribution is -0.140. The van der Waals surface area contributed by atoms with Gasteiger partial charge >= 0.3 is 17.9 Å². The van der Waals surface area contributed by atoms with Crippen molar-refractivity contribution in [2.24, 2.45) is 0 Å². The maximum Gasteiger partial charge on any atom is 0.317 e. The summed E-state index contributed by atoms with van der Waals surface area (Å²) in [4.78, 5) is 53.7. The van der Waals surface area contributed by atoms with Crippen LogP contribution in [0.4, 0.5) is 0 Å². The van der Waals surface area contributed by atoms with Crippen molar-refractivity contribution in [1.29, 1.82) is 0 Å². The number of carbonyl (C=O) groups is 4. The Bertz CT molecular complexity index is 810. The highest BCUT2D eigenvalue weighted by Crippen LogP contribution is 2.01. The maximum atomic E-state index is 12.7. The molecule has 18 nitrogen and oxygen atoms in total. The molecule has 0 aliphatic carbocycles. The van der Waals surface area contributed by atoms with Gasteiger partial charge < -0.3 is 49.4 Å². The number of hydrogen-bond donors (Lipinski definition) is 5. The van der Waals surface area contributed by atoms with Gasteiger partial charge in [-0.25, -0.2) is 0 Å². The molecule has 0 radical (unpaired) electrons. The van der Waals surface area contributed by atoms with E-state index in [0.29, 0.717) is 112 Å². The number of aliphatic hydroxyl groups is 1. The molecule has 1 saturated heterocycles. The van der Waals surface area contributed by atoms with E-state index in [0.717, 1.165) is 0 Å². The van der Waals surface area contributed by atoms with Gasteiger partial charge in [-0.1, -0.05) is 0 Å². The van der Waals surface area contributed by atoms with E-state index in [-0.39, 0.29) is 51.8 Å². The van der Waals surface area contributed by atoms with Crippen molar-refractivity contribution in [2.45, 2.75) is 0 Å². The quantitative estimate of drug-likeness (QED) is 0.0601. The average Bonchev–Trinajstić information content (AvgIpc) is 2.99. The fraction of sp³-hybridized carbons (Fsp3) is 0.857. The fourth-order valence-corrected chi connectivity index (χ4v) is 4.35. The van der Waals surface area contributed by atoms with Gasteiger partial charge in [0.1, 0.15) is 0 Å². The summed E-state index contributed by atoms with van der Waals surface area (Å²) in [6.07, 6.45) is 0. The molecule has 0 spiro atoms. The van der Waals surface area contributed by atoms with Crippen LogP contribution in [0.15, 0.2) is 0 Å². The van der Waals surface area contributed by atoms with E-state index in [1.165, 1.54) is 0 Å². The van der Waals surface area contributed by atoms with E-state index in [2.05, 4.69) is 5.32 Å². The van der Waals surface area contributed by atoms with Gasteiger partial charge in [0.15, 0.2) is 0 Å². The van der Waals surface area contributed by atoms with E-state index < -0.39 is 17.9 Å². The highest BCUT2D eigenvalue weighted by atomic mass is 16.6. The second kappa shape index (κ2) is 27.6. The molecule has 1 rings (SSSR count). The van der Waals surface area contributed by atoms with Crippen LogP contribution in [0.25, 0.3) is 0 Å². The van der Waals surface area contributed by atoms with Crippen molar-refractivity contribution in [3.05, 3.63) is 0 Å². The number of aliphatic hydroxyl groups excluding tert-OH is 1. The monoisotopic (exact) mass is 667 g/mol. The third-order valence-corrected chi connectivity index (χ3v) is 6.67. The molecule has 1 heterocycles. The standard InChI is InChI=1S/C28H53N5O13/c34-10-12-43-14-16-45-18-20-46-19-17-44-15-13-42-11-1-29-25(35)21-30-2-4-31(22-26(36)37)6-8-33(24-28(40)41)9-7-32(5-3-30)23-27(38)39/h34H,1-24H2,(H,29,35)(H,36,37)(H,38,39)(H,40,41). The summed E-state index contributed by atoms with van der Waals surface area (Å²) < 4.78 is 26.7. The number of carboxylic acid groups (broad SMARTS) is 3. The lowest BCUT2D eigenvalue weighted by Crippen LogP contribution is -2.50. The van der Waals surface area contributed by atoms with E-state index in [1.807, 2.05) is 4.90 Å². The molecule has 0 atom stereocenters. The SMILES string of the molecule is O=C(O)CN1CCN(CC(=O)O)CCN(CC(=O)NCCOCCOCCOCCOCCOCCO)CCN(CC(=O)O)CC1. The summed E-state index contributed by atoms with van der Waals surface area (Å²) in [5.41, 5.74) is 0. The first-order valence-corrected chi connectivity index (χ1v) is 15.5. The van der Waals surface area contributed by atoms with Gasteiger partial charge in [0.25, 0.3) is 0 Å². The van der Waals surface area contributed by atoms with Gasteiger partial charge in [-0.05, 0) is 0 Å². The van der Waals surface area contributed by atoms with E-state index in [1.54, 1.807) is 14.7 Å². The molecule has 1 aliphatic heterocycles. The largest absolute Gasteiger partial charge is 0.480 e. The molecule has 46 heavy (non-hydrogen) atoms. The first-order chi connectivity index (χ1) is 22.2. The molecule has 1 aliphatic rings. The van der Waals surface area contributed by atoms with Gasteiger partial charge in [0.05, 0.1) is 98.9 Å². The summed E-state index contributed by atoms with van der Waals surface area (Å²) in [6.45, 7) is 6.15. The predicted octanol–water partition coefficient (Wildman–Crippen LogP) is -3.35. The number of nitrogens with one attached hydrogen (secondary N) is 1. The molecule has 268 valence electrons. The highest BCUT2D eigenvalue weighted by molar-refractivity contribution is 5.78. The van der Waals surface area contributed by atoms with Gasteiger partial charge in [-0.2, -0.15) is 0 Å². The maximum absolute atomic E-state index is 12.7. The van der Waals surface area contributed by atoms with Crippen LogP contribution in [-0.2, 0) is 42.9 Å². The summed E-state index contributed by atoms with van der Waals surface area (Å²) in [6, 6.07) is 0. The topological polar surface area (TPSA) is 220 Å². The summed E-state index contributed by atoms with van der Waals surface area (Å²) >= 11 is 0. The Balaban J connectivity index is 2.35. The first kappa shape index (κ1) is 41.5. The van der Waals surface area contributed by atoms with Crippen molar-refractivity contribution in [3.63, 3.8) is 0 Å². The molecule has 1 amide bonds. The Morgan fingerprint density at radius 2 is 0.739 bits per heavy atom. The summed E-state index contributed by atoms with van der Waals surface area (Å²) in [5.74, 6) is -3.28. The van der Waals surface area contributed by atoms with Crippen LogP contribution in [0, 0.1) is 0 Å². The Morgan fingerprint density at radius 3 is 1.04 bits per heavy atom. The summed E-state index contributed by atoms with van der Waals surface area (Å²) in [7, 11) is 0. The number of carboxylic acids is 3. The Kier molecular flexibility index (Phi) is 24.9. The van der Waals surface area contributed by atoms with Gasteiger partial charge in [0.2, 0.25) is 5.91 Å². The predicted molar refractivity (Wildman–Crippen MR) is 163 cm³/mol. The van der Waals surface area contributed by atoms with Gasteiger partial charge in [-0.3, -0.25) is 38.8 Å². The minimum Gasteiger partial charge on any atom is -0.480 e. The number of nitrogens with zero attached hydrogens (tertiary/aromatic N) is 4. The van der Waals surface area contributed by atoms with Crippen LogP contribution in [0.3, 0.4) is 0 Å². The number of amides is 1. The molecular weight excluding hydrogens is 614 g/mol.